The predicted octanol–water partition coefficient (Wildman–Crippen LogP) is 4.06. The van der Waals surface area contributed by atoms with Gasteiger partial charge in [0, 0.05) is 44.8 Å². The van der Waals surface area contributed by atoms with Crippen LogP contribution < -0.4 is 0 Å². The van der Waals surface area contributed by atoms with Crippen LogP contribution in [0.2, 0.25) is 0 Å². The van der Waals surface area contributed by atoms with Gasteiger partial charge in [0.05, 0.1) is 0 Å². The molecule has 0 rings (SSSR count). The third-order valence-electron chi connectivity index (χ3n) is 1.03. The molecule has 25 heavy (non-hydrogen) atoms. The van der Waals surface area contributed by atoms with Crippen molar-refractivity contribution in [3.05, 3.63) is 0 Å². The van der Waals surface area contributed by atoms with Gasteiger partial charge in [-0.3, -0.25) is 19.2 Å². The van der Waals surface area contributed by atoms with Crippen molar-refractivity contribution in [2.24, 2.45) is 0 Å². The summed E-state index contributed by atoms with van der Waals surface area (Å²) in [4.78, 5) is 41.0. The normalized spacial score (nSPS) is 5.44. The van der Waals surface area contributed by atoms with Crippen LogP contribution in [0.15, 0.2) is 0 Å². The van der Waals surface area contributed by atoms with Gasteiger partial charge in [-0.15, -0.1) is 0 Å². The monoisotopic (exact) mass is 562 g/mol. The minimum absolute atomic E-state index is 0. The SMILES string of the molecule is C.C.C.C.C.C.C.C.O=C(O)CC(=O)OCOC(=O)CC(=O)O.[Ag].[Ag]. The number of aliphatic carboxylic acids is 2. The van der Waals surface area contributed by atoms with Gasteiger partial charge >= 0.3 is 23.9 Å². The third-order valence-corrected chi connectivity index (χ3v) is 1.03. The molecule has 0 bridgehead atoms. The predicted molar refractivity (Wildman–Crippen MR) is 95.4 cm³/mol. The summed E-state index contributed by atoms with van der Waals surface area (Å²) in [6.45, 7) is -0.793. The fourth-order valence-electron chi connectivity index (χ4n) is 0.510. The summed E-state index contributed by atoms with van der Waals surface area (Å²) < 4.78 is 8.30. The summed E-state index contributed by atoms with van der Waals surface area (Å²) in [5.74, 6) is -4.91. The standard InChI is InChI=1S/C7H8O8.8CH4.2Ag/c8-4(9)1-6(12)14-3-15-7(13)2-5(10)11;;;;;;;;;;/h1-3H2,(H,8,9)(H,10,11);8*1H4;;. The van der Waals surface area contributed by atoms with E-state index in [0.717, 1.165) is 0 Å². The summed E-state index contributed by atoms with van der Waals surface area (Å²) in [7, 11) is 0. The van der Waals surface area contributed by atoms with Gasteiger partial charge in [0.2, 0.25) is 6.79 Å². The molecule has 0 fully saturated rings. The second-order valence-electron chi connectivity index (χ2n) is 2.29. The average Bonchev–Trinajstić information content (AvgIpc) is 2.00. The van der Waals surface area contributed by atoms with Gasteiger partial charge in [0.25, 0.3) is 0 Å². The third kappa shape index (κ3) is 59.7. The Hall–Kier alpha value is -0.639. The molecule has 170 valence electrons. The van der Waals surface area contributed by atoms with Crippen molar-refractivity contribution in [2.45, 2.75) is 72.3 Å². The number of hydrogen-bond donors (Lipinski definition) is 2. The van der Waals surface area contributed by atoms with Crippen molar-refractivity contribution in [3.8, 4) is 0 Å². The van der Waals surface area contributed by atoms with Crippen molar-refractivity contribution in [2.75, 3.05) is 6.79 Å². The fourth-order valence-corrected chi connectivity index (χ4v) is 0.510. The average molecular weight is 564 g/mol. The molecule has 0 aliphatic heterocycles. The molecule has 0 saturated carbocycles. The van der Waals surface area contributed by atoms with Crippen LogP contribution in [0.1, 0.15) is 72.3 Å². The first-order valence-electron chi connectivity index (χ1n) is 3.66. The molecule has 0 atom stereocenters. The molecule has 0 aliphatic carbocycles. The van der Waals surface area contributed by atoms with E-state index in [1.165, 1.54) is 0 Å². The molecule has 0 aromatic carbocycles. The number of rotatable bonds is 6. The largest absolute Gasteiger partial charge is 0.481 e. The molecule has 0 aromatic heterocycles. The quantitative estimate of drug-likeness (QED) is 0.214. The molecule has 2 N–H and O–H groups in total. The van der Waals surface area contributed by atoms with E-state index in [1.807, 2.05) is 0 Å². The van der Waals surface area contributed by atoms with Crippen molar-refractivity contribution in [1.82, 2.24) is 0 Å². The van der Waals surface area contributed by atoms with Gasteiger partial charge < -0.3 is 19.7 Å². The van der Waals surface area contributed by atoms with E-state index in [0.29, 0.717) is 0 Å². The van der Waals surface area contributed by atoms with Crippen molar-refractivity contribution >= 4 is 23.9 Å². The Morgan fingerprint density at radius 2 is 0.760 bits per heavy atom. The molecule has 0 unspecified atom stereocenters. The first-order valence-corrected chi connectivity index (χ1v) is 3.66. The van der Waals surface area contributed by atoms with Gasteiger partial charge in [-0.05, 0) is 0 Å². The number of esters is 2. The Bertz CT molecular complexity index is 269. The number of carboxylic acids is 2. The van der Waals surface area contributed by atoms with E-state index in [-0.39, 0.29) is 104 Å². The van der Waals surface area contributed by atoms with Crippen LogP contribution in [-0.4, -0.2) is 40.9 Å². The maximum Gasteiger partial charge on any atom is 0.320 e. The fraction of sp³-hybridized carbons (Fsp3) is 0.733. The first kappa shape index (κ1) is 74.5. The second kappa shape index (κ2) is 43.6. The van der Waals surface area contributed by atoms with Crippen LogP contribution in [0, 0.1) is 0 Å². The molecular weight excluding hydrogens is 524 g/mol. The Labute approximate surface area is 186 Å². The van der Waals surface area contributed by atoms with Crippen molar-refractivity contribution < 1.29 is 83.6 Å². The summed E-state index contributed by atoms with van der Waals surface area (Å²) in [6.07, 6.45) is -1.70. The van der Waals surface area contributed by atoms with E-state index in [2.05, 4.69) is 9.47 Å². The first-order chi connectivity index (χ1) is 6.91. The van der Waals surface area contributed by atoms with Crippen LogP contribution in [0.4, 0.5) is 0 Å². The number of carbonyl (C=O) groups excluding carboxylic acids is 2. The van der Waals surface area contributed by atoms with E-state index < -0.39 is 43.5 Å². The molecular formula is C15H40Ag2O8. The summed E-state index contributed by atoms with van der Waals surface area (Å²) in [5.41, 5.74) is 0. The molecule has 0 aliphatic rings. The van der Waals surface area contributed by atoms with Crippen LogP contribution in [0.25, 0.3) is 0 Å². The topological polar surface area (TPSA) is 127 Å². The molecule has 8 nitrogen and oxygen atoms in total. The van der Waals surface area contributed by atoms with Gasteiger partial charge in [0.1, 0.15) is 12.8 Å². The zero-order valence-electron chi connectivity index (χ0n) is 8.07. The van der Waals surface area contributed by atoms with E-state index in [4.69, 9.17) is 10.2 Å². The van der Waals surface area contributed by atoms with E-state index in [9.17, 15) is 19.2 Å². The second-order valence-corrected chi connectivity index (χ2v) is 2.29. The zero-order chi connectivity index (χ0) is 11.8. The Balaban J connectivity index is -0.0000000218. The minimum Gasteiger partial charge on any atom is -0.481 e. The number of ether oxygens (including phenoxy) is 2. The van der Waals surface area contributed by atoms with Crippen LogP contribution >= 0.6 is 0 Å². The zero-order valence-corrected chi connectivity index (χ0v) is 11.0. The summed E-state index contributed by atoms with van der Waals surface area (Å²) in [5, 5.41) is 16.3. The van der Waals surface area contributed by atoms with Crippen molar-refractivity contribution in [3.63, 3.8) is 0 Å². The molecule has 0 spiro atoms. The van der Waals surface area contributed by atoms with Gasteiger partial charge in [-0.1, -0.05) is 59.4 Å². The van der Waals surface area contributed by atoms with Gasteiger partial charge in [-0.2, -0.15) is 0 Å². The Kier molecular flexibility index (Phi) is 130. The smallest absolute Gasteiger partial charge is 0.320 e. The van der Waals surface area contributed by atoms with E-state index in [1.54, 1.807) is 0 Å². The maximum absolute atomic E-state index is 10.5. The van der Waals surface area contributed by atoms with Crippen molar-refractivity contribution in [1.29, 1.82) is 0 Å². The van der Waals surface area contributed by atoms with Crippen LogP contribution in [-0.2, 0) is 73.4 Å². The molecule has 0 amide bonds. The molecule has 0 aromatic rings. The number of carbonyl (C=O) groups is 4. The summed E-state index contributed by atoms with van der Waals surface area (Å²) >= 11 is 0. The van der Waals surface area contributed by atoms with Gasteiger partial charge in [0.15, 0.2) is 0 Å². The van der Waals surface area contributed by atoms with Gasteiger partial charge in [-0.25, -0.2) is 0 Å². The van der Waals surface area contributed by atoms with E-state index >= 15 is 0 Å². The molecule has 10 heteroatoms. The molecule has 0 saturated heterocycles. The molecule has 2 radical (unpaired) electrons. The number of carboxylic acid groups (broad SMARTS) is 2. The maximum atomic E-state index is 10.5. The minimum atomic E-state index is -1.38. The van der Waals surface area contributed by atoms with Crippen LogP contribution in [0.3, 0.4) is 0 Å². The summed E-state index contributed by atoms with van der Waals surface area (Å²) in [6, 6.07) is 0. The molecule has 0 heterocycles. The Morgan fingerprint density at radius 1 is 0.560 bits per heavy atom. The number of hydrogen-bond acceptors (Lipinski definition) is 6. The van der Waals surface area contributed by atoms with Crippen LogP contribution in [0.5, 0.6) is 0 Å². The Morgan fingerprint density at radius 3 is 0.920 bits per heavy atom.